The zero-order valence-electron chi connectivity index (χ0n) is 12.0. The van der Waals surface area contributed by atoms with Crippen LogP contribution in [0.15, 0.2) is 24.3 Å². The van der Waals surface area contributed by atoms with Crippen molar-refractivity contribution in [2.45, 2.75) is 32.1 Å². The van der Waals surface area contributed by atoms with Crippen LogP contribution in [0.25, 0.3) is 0 Å². The molecule has 1 saturated heterocycles. The van der Waals surface area contributed by atoms with Gasteiger partial charge in [0.1, 0.15) is 0 Å². The van der Waals surface area contributed by atoms with Gasteiger partial charge in [0.2, 0.25) is 5.91 Å². The number of carbonyl (C=O) groups excluding carboxylic acids is 1. The molecule has 1 aliphatic heterocycles. The van der Waals surface area contributed by atoms with Crippen LogP contribution in [0.3, 0.4) is 0 Å². The lowest BCUT2D eigenvalue weighted by Crippen LogP contribution is -2.35. The van der Waals surface area contributed by atoms with E-state index in [0.717, 1.165) is 44.8 Å². The second-order valence-electron chi connectivity index (χ2n) is 6.17. The summed E-state index contributed by atoms with van der Waals surface area (Å²) in [5, 5.41) is 6.57. The molecule has 1 heterocycles. The van der Waals surface area contributed by atoms with Gasteiger partial charge in [-0.3, -0.25) is 4.79 Å². The largest absolute Gasteiger partial charge is 0.356 e. The van der Waals surface area contributed by atoms with Crippen LogP contribution >= 0.6 is 0 Å². The lowest BCUT2D eigenvalue weighted by atomic mass is 9.96. The summed E-state index contributed by atoms with van der Waals surface area (Å²) in [7, 11) is 0. The molecule has 0 radical (unpaired) electrons. The molecule has 1 aromatic carbocycles. The summed E-state index contributed by atoms with van der Waals surface area (Å²) in [4.78, 5) is 12.2. The molecule has 0 bridgehead atoms. The molecular formula is C17H24N2O. The van der Waals surface area contributed by atoms with Gasteiger partial charge in [0.25, 0.3) is 0 Å². The Kier molecular flexibility index (Phi) is 4.36. The van der Waals surface area contributed by atoms with Crippen molar-refractivity contribution in [2.75, 3.05) is 19.6 Å². The minimum absolute atomic E-state index is 0.150. The zero-order valence-corrected chi connectivity index (χ0v) is 12.0. The van der Waals surface area contributed by atoms with E-state index in [2.05, 4.69) is 34.9 Å². The maximum atomic E-state index is 12.2. The molecule has 1 unspecified atom stereocenters. The highest BCUT2D eigenvalue weighted by molar-refractivity contribution is 5.80. The summed E-state index contributed by atoms with van der Waals surface area (Å²) in [5.74, 6) is 1.13. The molecule has 1 amide bonds. The molecule has 1 aromatic rings. The fourth-order valence-electron chi connectivity index (χ4n) is 3.46. The first-order valence-electron chi connectivity index (χ1n) is 7.88. The van der Waals surface area contributed by atoms with Crippen molar-refractivity contribution in [2.24, 2.45) is 11.8 Å². The molecular weight excluding hydrogens is 248 g/mol. The Morgan fingerprint density at radius 3 is 2.65 bits per heavy atom. The fourth-order valence-corrected chi connectivity index (χ4v) is 3.46. The Morgan fingerprint density at radius 2 is 2.00 bits per heavy atom. The molecule has 20 heavy (non-hydrogen) atoms. The van der Waals surface area contributed by atoms with Gasteiger partial charge in [0, 0.05) is 12.5 Å². The van der Waals surface area contributed by atoms with Crippen LogP contribution in [-0.2, 0) is 17.6 Å². The molecule has 3 heteroatoms. The minimum Gasteiger partial charge on any atom is -0.356 e. The number of piperidine rings is 1. The highest BCUT2D eigenvalue weighted by atomic mass is 16.1. The van der Waals surface area contributed by atoms with Gasteiger partial charge in [0.05, 0.1) is 0 Å². The van der Waals surface area contributed by atoms with Crippen LogP contribution in [0.1, 0.15) is 30.4 Å². The van der Waals surface area contributed by atoms with Gasteiger partial charge in [0.15, 0.2) is 0 Å². The van der Waals surface area contributed by atoms with Gasteiger partial charge >= 0.3 is 0 Å². The highest BCUT2D eigenvalue weighted by Gasteiger charge is 2.26. The number of hydrogen-bond donors (Lipinski definition) is 2. The highest BCUT2D eigenvalue weighted by Crippen LogP contribution is 2.26. The number of rotatable bonds is 4. The van der Waals surface area contributed by atoms with Crippen molar-refractivity contribution >= 4 is 5.91 Å². The number of amides is 1. The van der Waals surface area contributed by atoms with E-state index in [1.54, 1.807) is 0 Å². The third-order valence-electron chi connectivity index (χ3n) is 4.67. The molecule has 1 aliphatic carbocycles. The number of hydrogen-bond acceptors (Lipinski definition) is 2. The first kappa shape index (κ1) is 13.6. The van der Waals surface area contributed by atoms with E-state index in [-0.39, 0.29) is 11.8 Å². The van der Waals surface area contributed by atoms with E-state index in [9.17, 15) is 4.79 Å². The predicted molar refractivity (Wildman–Crippen MR) is 80.6 cm³/mol. The minimum atomic E-state index is 0.150. The maximum absolute atomic E-state index is 12.2. The Bertz CT molecular complexity index is 441. The fraction of sp³-hybridized carbons (Fsp3) is 0.588. The monoisotopic (exact) mass is 272 g/mol. The SMILES string of the molecule is O=C(NCCC1CCCNC1)C1Cc2ccccc2C1. The van der Waals surface area contributed by atoms with Crippen molar-refractivity contribution in [1.82, 2.24) is 10.6 Å². The first-order chi connectivity index (χ1) is 9.83. The second kappa shape index (κ2) is 6.40. The van der Waals surface area contributed by atoms with Crippen LogP contribution < -0.4 is 10.6 Å². The summed E-state index contributed by atoms with van der Waals surface area (Å²) in [6, 6.07) is 8.43. The smallest absolute Gasteiger partial charge is 0.223 e. The quantitative estimate of drug-likeness (QED) is 0.879. The summed E-state index contributed by atoms with van der Waals surface area (Å²) in [6.07, 6.45) is 5.51. The molecule has 0 aromatic heterocycles. The standard InChI is InChI=1S/C17H24N2O/c20-17(19-9-7-13-4-3-8-18-12-13)16-10-14-5-1-2-6-15(14)11-16/h1-2,5-6,13,16,18H,3-4,7-12H2,(H,19,20). The van der Waals surface area contributed by atoms with Crippen molar-refractivity contribution in [3.05, 3.63) is 35.4 Å². The zero-order chi connectivity index (χ0) is 13.8. The summed E-state index contributed by atoms with van der Waals surface area (Å²) >= 11 is 0. The van der Waals surface area contributed by atoms with Crippen LogP contribution in [0.4, 0.5) is 0 Å². The first-order valence-corrected chi connectivity index (χ1v) is 7.88. The number of nitrogens with one attached hydrogen (secondary N) is 2. The lowest BCUT2D eigenvalue weighted by molar-refractivity contribution is -0.124. The molecule has 2 N–H and O–H groups in total. The van der Waals surface area contributed by atoms with Crippen LogP contribution in [-0.4, -0.2) is 25.5 Å². The number of fused-ring (bicyclic) bond motifs is 1. The van der Waals surface area contributed by atoms with Crippen LogP contribution in [0, 0.1) is 11.8 Å². The predicted octanol–water partition coefficient (Wildman–Crippen LogP) is 1.91. The van der Waals surface area contributed by atoms with Gasteiger partial charge in [-0.1, -0.05) is 24.3 Å². The topological polar surface area (TPSA) is 41.1 Å². The van der Waals surface area contributed by atoms with Gasteiger partial charge in [-0.05, 0) is 62.2 Å². The maximum Gasteiger partial charge on any atom is 0.223 e. The van der Waals surface area contributed by atoms with E-state index in [1.807, 2.05) is 0 Å². The second-order valence-corrected chi connectivity index (χ2v) is 6.17. The molecule has 1 atom stereocenters. The summed E-state index contributed by atoms with van der Waals surface area (Å²) < 4.78 is 0. The van der Waals surface area contributed by atoms with Crippen LogP contribution in [0.5, 0.6) is 0 Å². The average molecular weight is 272 g/mol. The van der Waals surface area contributed by atoms with E-state index in [1.165, 1.54) is 24.0 Å². The molecule has 108 valence electrons. The molecule has 0 saturated carbocycles. The van der Waals surface area contributed by atoms with E-state index in [4.69, 9.17) is 0 Å². The average Bonchev–Trinajstić information content (AvgIpc) is 2.92. The summed E-state index contributed by atoms with van der Waals surface area (Å²) in [6.45, 7) is 3.10. The third kappa shape index (κ3) is 3.21. The summed E-state index contributed by atoms with van der Waals surface area (Å²) in [5.41, 5.74) is 2.70. The molecule has 0 spiro atoms. The molecule has 1 fully saturated rings. The van der Waals surface area contributed by atoms with E-state index in [0.29, 0.717) is 0 Å². The Balaban J connectivity index is 1.42. The van der Waals surface area contributed by atoms with E-state index >= 15 is 0 Å². The molecule has 3 nitrogen and oxygen atoms in total. The van der Waals surface area contributed by atoms with Crippen molar-refractivity contribution in [3.63, 3.8) is 0 Å². The van der Waals surface area contributed by atoms with Crippen molar-refractivity contribution in [3.8, 4) is 0 Å². The van der Waals surface area contributed by atoms with Crippen molar-refractivity contribution in [1.29, 1.82) is 0 Å². The van der Waals surface area contributed by atoms with Gasteiger partial charge in [-0.2, -0.15) is 0 Å². The lowest BCUT2D eigenvalue weighted by Gasteiger charge is -2.23. The van der Waals surface area contributed by atoms with Gasteiger partial charge < -0.3 is 10.6 Å². The normalized spacial score (nSPS) is 22.5. The Hall–Kier alpha value is -1.35. The number of benzene rings is 1. The third-order valence-corrected chi connectivity index (χ3v) is 4.67. The number of carbonyl (C=O) groups is 1. The van der Waals surface area contributed by atoms with E-state index < -0.39 is 0 Å². The Labute approximate surface area is 121 Å². The van der Waals surface area contributed by atoms with Crippen LogP contribution in [0.2, 0.25) is 0 Å². The van der Waals surface area contributed by atoms with Crippen molar-refractivity contribution < 1.29 is 4.79 Å². The molecule has 2 aliphatic rings. The van der Waals surface area contributed by atoms with Gasteiger partial charge in [-0.25, -0.2) is 0 Å². The van der Waals surface area contributed by atoms with Gasteiger partial charge in [-0.15, -0.1) is 0 Å². The molecule has 3 rings (SSSR count). The Morgan fingerprint density at radius 1 is 1.25 bits per heavy atom.